The van der Waals surface area contributed by atoms with E-state index < -0.39 is 0 Å². The number of benzene rings is 1. The Morgan fingerprint density at radius 1 is 1.25 bits per heavy atom. The quantitative estimate of drug-likeness (QED) is 0.878. The molecule has 0 bridgehead atoms. The minimum Gasteiger partial charge on any atom is -0.497 e. The van der Waals surface area contributed by atoms with E-state index in [0.717, 1.165) is 24.3 Å². The fourth-order valence-corrected chi connectivity index (χ4v) is 2.20. The van der Waals surface area contributed by atoms with Crippen molar-refractivity contribution in [1.82, 2.24) is 10.3 Å². The Morgan fingerprint density at radius 3 is 2.60 bits per heavy atom. The number of likely N-dealkylation sites (N-methyl/N-ethyl adjacent to an activating group) is 1. The molecule has 0 amide bonds. The van der Waals surface area contributed by atoms with Crippen LogP contribution < -0.4 is 10.1 Å². The van der Waals surface area contributed by atoms with Gasteiger partial charge < -0.3 is 10.1 Å². The normalized spacial score (nSPS) is 12.2. The number of rotatable bonds is 6. The van der Waals surface area contributed by atoms with Gasteiger partial charge in [0.2, 0.25) is 0 Å². The number of pyridine rings is 1. The van der Waals surface area contributed by atoms with Gasteiger partial charge in [0.15, 0.2) is 0 Å². The van der Waals surface area contributed by atoms with E-state index in [0.29, 0.717) is 5.56 Å². The fraction of sp³-hybridized carbons (Fsp3) is 0.312. The van der Waals surface area contributed by atoms with Gasteiger partial charge in [-0.1, -0.05) is 19.1 Å². The van der Waals surface area contributed by atoms with Crippen LogP contribution in [0.2, 0.25) is 0 Å². The van der Waals surface area contributed by atoms with Gasteiger partial charge in [-0.2, -0.15) is 0 Å². The predicted octanol–water partition coefficient (Wildman–Crippen LogP) is 3.12. The van der Waals surface area contributed by atoms with Crippen LogP contribution in [-0.4, -0.2) is 18.6 Å². The molecule has 3 nitrogen and oxygen atoms in total. The number of aromatic nitrogens is 1. The maximum atomic E-state index is 13.9. The highest BCUT2D eigenvalue weighted by molar-refractivity contribution is 5.29. The van der Waals surface area contributed by atoms with Crippen LogP contribution in [0.5, 0.6) is 5.75 Å². The molecule has 0 spiro atoms. The zero-order valence-corrected chi connectivity index (χ0v) is 11.8. The third-order valence-electron chi connectivity index (χ3n) is 3.23. The lowest BCUT2D eigenvalue weighted by Crippen LogP contribution is -2.24. The van der Waals surface area contributed by atoms with Crippen LogP contribution in [0.15, 0.2) is 42.7 Å². The summed E-state index contributed by atoms with van der Waals surface area (Å²) in [6.45, 7) is 2.79. The van der Waals surface area contributed by atoms with E-state index in [4.69, 9.17) is 4.74 Å². The van der Waals surface area contributed by atoms with Crippen LogP contribution in [0, 0.1) is 5.82 Å². The molecule has 0 aliphatic heterocycles. The van der Waals surface area contributed by atoms with Crippen molar-refractivity contribution in [1.29, 1.82) is 0 Å². The number of nitrogens with one attached hydrogen (secondary N) is 1. The second-order valence-electron chi connectivity index (χ2n) is 4.56. The van der Waals surface area contributed by atoms with Gasteiger partial charge in [-0.25, -0.2) is 4.39 Å². The predicted molar refractivity (Wildman–Crippen MR) is 77.3 cm³/mol. The molecule has 4 heteroatoms. The smallest absolute Gasteiger partial charge is 0.146 e. The van der Waals surface area contributed by atoms with Crippen molar-refractivity contribution in [2.24, 2.45) is 0 Å². The van der Waals surface area contributed by atoms with E-state index in [9.17, 15) is 4.39 Å². The van der Waals surface area contributed by atoms with Crippen LogP contribution >= 0.6 is 0 Å². The fourth-order valence-electron chi connectivity index (χ4n) is 2.20. The molecule has 0 fully saturated rings. The SMILES string of the molecule is CCNC(Cc1ccc(OC)cc1)c1ccncc1F. The molecule has 0 aliphatic rings. The Labute approximate surface area is 118 Å². The van der Waals surface area contributed by atoms with Gasteiger partial charge in [-0.05, 0) is 36.7 Å². The zero-order valence-electron chi connectivity index (χ0n) is 11.8. The topological polar surface area (TPSA) is 34.1 Å². The van der Waals surface area contributed by atoms with Crippen molar-refractivity contribution < 1.29 is 9.13 Å². The molecule has 1 aromatic carbocycles. The summed E-state index contributed by atoms with van der Waals surface area (Å²) in [6.07, 6.45) is 3.60. The maximum absolute atomic E-state index is 13.9. The van der Waals surface area contributed by atoms with E-state index >= 15 is 0 Å². The summed E-state index contributed by atoms with van der Waals surface area (Å²) in [5.74, 6) is 0.552. The van der Waals surface area contributed by atoms with E-state index in [1.807, 2.05) is 31.2 Å². The second-order valence-corrected chi connectivity index (χ2v) is 4.56. The highest BCUT2D eigenvalue weighted by Gasteiger charge is 2.15. The first-order chi connectivity index (χ1) is 9.74. The first-order valence-electron chi connectivity index (χ1n) is 6.70. The van der Waals surface area contributed by atoms with Crippen molar-refractivity contribution in [2.75, 3.05) is 13.7 Å². The molecule has 1 aromatic heterocycles. The Kier molecular flexibility index (Phi) is 5.07. The number of hydrogen-bond donors (Lipinski definition) is 1. The largest absolute Gasteiger partial charge is 0.497 e. The summed E-state index contributed by atoms with van der Waals surface area (Å²) >= 11 is 0. The lowest BCUT2D eigenvalue weighted by Gasteiger charge is -2.19. The van der Waals surface area contributed by atoms with E-state index in [2.05, 4.69) is 10.3 Å². The van der Waals surface area contributed by atoms with Gasteiger partial charge in [-0.3, -0.25) is 4.98 Å². The van der Waals surface area contributed by atoms with E-state index in [1.165, 1.54) is 6.20 Å². The first kappa shape index (κ1) is 14.5. The van der Waals surface area contributed by atoms with Gasteiger partial charge in [0.1, 0.15) is 11.6 Å². The molecule has 2 aromatic rings. The summed E-state index contributed by atoms with van der Waals surface area (Å²) in [5, 5.41) is 3.32. The standard InChI is InChI=1S/C16H19FN2O/c1-3-19-16(14-8-9-18-11-15(14)17)10-12-4-6-13(20-2)7-5-12/h4-9,11,16,19H,3,10H2,1-2H3. The van der Waals surface area contributed by atoms with Crippen molar-refractivity contribution in [3.05, 3.63) is 59.7 Å². The third kappa shape index (κ3) is 3.54. The van der Waals surface area contributed by atoms with Crippen LogP contribution in [0.4, 0.5) is 4.39 Å². The monoisotopic (exact) mass is 274 g/mol. The highest BCUT2D eigenvalue weighted by atomic mass is 19.1. The number of ether oxygens (including phenoxy) is 1. The van der Waals surface area contributed by atoms with E-state index in [-0.39, 0.29) is 11.9 Å². The Hall–Kier alpha value is -1.94. The Bertz CT molecular complexity index is 542. The minimum absolute atomic E-state index is 0.0589. The molecular formula is C16H19FN2O. The van der Waals surface area contributed by atoms with Crippen molar-refractivity contribution in [3.8, 4) is 5.75 Å². The zero-order chi connectivity index (χ0) is 14.4. The number of nitrogens with zero attached hydrogens (tertiary/aromatic N) is 1. The molecule has 1 atom stereocenters. The maximum Gasteiger partial charge on any atom is 0.146 e. The van der Waals surface area contributed by atoms with Gasteiger partial charge >= 0.3 is 0 Å². The van der Waals surface area contributed by atoms with E-state index in [1.54, 1.807) is 19.4 Å². The van der Waals surface area contributed by atoms with Crippen LogP contribution in [0.1, 0.15) is 24.1 Å². The molecular weight excluding hydrogens is 255 g/mol. The molecule has 20 heavy (non-hydrogen) atoms. The summed E-state index contributed by atoms with van der Waals surface area (Å²) in [7, 11) is 1.64. The van der Waals surface area contributed by atoms with Crippen LogP contribution in [0.3, 0.4) is 0 Å². The van der Waals surface area contributed by atoms with Crippen molar-refractivity contribution >= 4 is 0 Å². The van der Waals surface area contributed by atoms with Gasteiger partial charge in [0, 0.05) is 17.8 Å². The molecule has 1 N–H and O–H groups in total. The number of halogens is 1. The number of hydrogen-bond acceptors (Lipinski definition) is 3. The van der Waals surface area contributed by atoms with Crippen molar-refractivity contribution in [2.45, 2.75) is 19.4 Å². The minimum atomic E-state index is -0.271. The second kappa shape index (κ2) is 7.01. The van der Waals surface area contributed by atoms with Crippen molar-refractivity contribution in [3.63, 3.8) is 0 Å². The summed E-state index contributed by atoms with van der Waals surface area (Å²) in [6, 6.07) is 9.51. The Balaban J connectivity index is 2.18. The molecule has 1 heterocycles. The van der Waals surface area contributed by atoms with Gasteiger partial charge in [0.25, 0.3) is 0 Å². The van der Waals surface area contributed by atoms with Gasteiger partial charge in [-0.15, -0.1) is 0 Å². The molecule has 0 saturated heterocycles. The lowest BCUT2D eigenvalue weighted by atomic mass is 9.99. The molecule has 106 valence electrons. The lowest BCUT2D eigenvalue weighted by molar-refractivity contribution is 0.414. The van der Waals surface area contributed by atoms with Crippen LogP contribution in [-0.2, 0) is 6.42 Å². The summed E-state index contributed by atoms with van der Waals surface area (Å²) in [4.78, 5) is 3.80. The first-order valence-corrected chi connectivity index (χ1v) is 6.70. The summed E-state index contributed by atoms with van der Waals surface area (Å²) < 4.78 is 19.0. The number of methoxy groups -OCH3 is 1. The summed E-state index contributed by atoms with van der Waals surface area (Å²) in [5.41, 5.74) is 1.78. The molecule has 1 unspecified atom stereocenters. The molecule has 0 saturated carbocycles. The highest BCUT2D eigenvalue weighted by Crippen LogP contribution is 2.22. The molecule has 0 radical (unpaired) electrons. The third-order valence-corrected chi connectivity index (χ3v) is 3.23. The molecule has 2 rings (SSSR count). The van der Waals surface area contributed by atoms with Gasteiger partial charge in [0.05, 0.1) is 13.3 Å². The average Bonchev–Trinajstić information content (AvgIpc) is 2.48. The molecule has 0 aliphatic carbocycles. The average molecular weight is 274 g/mol. The Morgan fingerprint density at radius 2 is 2.00 bits per heavy atom. The van der Waals surface area contributed by atoms with Crippen LogP contribution in [0.25, 0.3) is 0 Å².